The summed E-state index contributed by atoms with van der Waals surface area (Å²) in [6.07, 6.45) is 7.49. The molecule has 17 heavy (non-hydrogen) atoms. The first-order chi connectivity index (χ1) is 8.33. The van der Waals surface area contributed by atoms with Crippen LogP contribution in [0, 0.1) is 0 Å². The molecule has 1 rings (SSSR count). The molecule has 0 saturated carbocycles. The first-order valence-electron chi connectivity index (χ1n) is 5.92. The maximum absolute atomic E-state index is 11.3. The zero-order chi connectivity index (χ0) is 12.3. The standard InChI is InChI=1S/C12H19NO3Si/c1-2-16-17-9-5-8-13-12(14)15-10-11-6-3-4-7-11/h3-4,6H,2,5,7-10H2,1H3,(H,13,14). The van der Waals surface area contributed by atoms with Gasteiger partial charge in [-0.2, -0.15) is 0 Å². The molecular weight excluding hydrogens is 234 g/mol. The summed E-state index contributed by atoms with van der Waals surface area (Å²) in [6, 6.07) is 0.989. The van der Waals surface area contributed by atoms with E-state index in [0.717, 1.165) is 31.1 Å². The summed E-state index contributed by atoms with van der Waals surface area (Å²) in [5, 5.41) is 2.72. The van der Waals surface area contributed by atoms with Gasteiger partial charge in [0.1, 0.15) is 6.61 Å². The maximum atomic E-state index is 11.3. The highest BCUT2D eigenvalue weighted by Gasteiger charge is 2.04. The van der Waals surface area contributed by atoms with E-state index in [1.54, 1.807) is 0 Å². The number of alkyl carbamates (subject to hydrolysis) is 1. The van der Waals surface area contributed by atoms with Crippen molar-refractivity contribution < 1.29 is 14.0 Å². The highest BCUT2D eigenvalue weighted by Crippen LogP contribution is 2.09. The smallest absolute Gasteiger partial charge is 0.407 e. The lowest BCUT2D eigenvalue weighted by atomic mass is 10.2. The SMILES string of the molecule is CCO[Si]CCCNC(=O)OCC1=CC=CC1. The van der Waals surface area contributed by atoms with Crippen molar-refractivity contribution in [1.82, 2.24) is 5.32 Å². The van der Waals surface area contributed by atoms with Crippen LogP contribution in [0.1, 0.15) is 19.8 Å². The Balaban J connectivity index is 1.91. The Kier molecular flexibility index (Phi) is 7.41. The third kappa shape index (κ3) is 6.96. The average Bonchev–Trinajstić information content (AvgIpc) is 2.84. The molecule has 1 aliphatic carbocycles. The highest BCUT2D eigenvalue weighted by molar-refractivity contribution is 6.26. The lowest BCUT2D eigenvalue weighted by Crippen LogP contribution is -2.26. The van der Waals surface area contributed by atoms with Crippen molar-refractivity contribution in [2.75, 3.05) is 19.8 Å². The highest BCUT2D eigenvalue weighted by atomic mass is 28.2. The van der Waals surface area contributed by atoms with Crippen LogP contribution in [0.2, 0.25) is 6.04 Å². The van der Waals surface area contributed by atoms with Gasteiger partial charge in [-0.15, -0.1) is 0 Å². The number of hydrogen-bond acceptors (Lipinski definition) is 3. The van der Waals surface area contributed by atoms with E-state index in [9.17, 15) is 4.79 Å². The van der Waals surface area contributed by atoms with Crippen LogP contribution in [-0.4, -0.2) is 35.6 Å². The van der Waals surface area contributed by atoms with Gasteiger partial charge in [0.25, 0.3) is 0 Å². The van der Waals surface area contributed by atoms with Crippen molar-refractivity contribution in [3.8, 4) is 0 Å². The fraction of sp³-hybridized carbons (Fsp3) is 0.583. The number of nitrogens with one attached hydrogen (secondary N) is 1. The van der Waals surface area contributed by atoms with E-state index in [1.807, 2.05) is 25.2 Å². The van der Waals surface area contributed by atoms with Crippen LogP contribution in [0.25, 0.3) is 0 Å². The molecule has 0 aliphatic heterocycles. The van der Waals surface area contributed by atoms with Gasteiger partial charge < -0.3 is 14.5 Å². The number of carbonyl (C=O) groups is 1. The van der Waals surface area contributed by atoms with E-state index in [2.05, 4.69) is 5.32 Å². The van der Waals surface area contributed by atoms with E-state index in [1.165, 1.54) is 0 Å². The minimum absolute atomic E-state index is 0.336. The average molecular weight is 253 g/mol. The molecule has 2 radical (unpaired) electrons. The monoisotopic (exact) mass is 253 g/mol. The van der Waals surface area contributed by atoms with E-state index < -0.39 is 0 Å². The molecule has 4 nitrogen and oxygen atoms in total. The van der Waals surface area contributed by atoms with Gasteiger partial charge in [-0.25, -0.2) is 4.79 Å². The molecule has 0 aromatic carbocycles. The van der Waals surface area contributed by atoms with Crippen molar-refractivity contribution >= 4 is 15.9 Å². The van der Waals surface area contributed by atoms with Gasteiger partial charge in [-0.05, 0) is 31.4 Å². The van der Waals surface area contributed by atoms with Gasteiger partial charge in [0.15, 0.2) is 0 Å². The lowest BCUT2D eigenvalue weighted by molar-refractivity contribution is 0.155. The summed E-state index contributed by atoms with van der Waals surface area (Å²) in [7, 11) is 0.531. The Hall–Kier alpha value is -1.07. The third-order valence-corrected chi connectivity index (χ3v) is 3.26. The molecule has 0 heterocycles. The van der Waals surface area contributed by atoms with Gasteiger partial charge in [0, 0.05) is 13.2 Å². The minimum Gasteiger partial charge on any atom is -0.445 e. The Morgan fingerprint density at radius 1 is 1.59 bits per heavy atom. The molecule has 0 bridgehead atoms. The molecule has 0 aromatic rings. The number of rotatable bonds is 8. The van der Waals surface area contributed by atoms with Gasteiger partial charge in [0.05, 0.1) is 0 Å². The first-order valence-corrected chi connectivity index (χ1v) is 7.04. The molecule has 1 amide bonds. The number of amides is 1. The van der Waals surface area contributed by atoms with Crippen molar-refractivity contribution in [2.45, 2.75) is 25.8 Å². The summed E-state index contributed by atoms with van der Waals surface area (Å²) in [5.74, 6) is 0. The van der Waals surface area contributed by atoms with Gasteiger partial charge in [-0.3, -0.25) is 0 Å². The maximum Gasteiger partial charge on any atom is 0.407 e. The number of carbonyl (C=O) groups excluding carboxylic acids is 1. The molecule has 0 aromatic heterocycles. The molecule has 0 saturated heterocycles. The van der Waals surface area contributed by atoms with Crippen LogP contribution >= 0.6 is 0 Å². The van der Waals surface area contributed by atoms with Gasteiger partial charge in [0.2, 0.25) is 9.76 Å². The summed E-state index contributed by atoms with van der Waals surface area (Å²) >= 11 is 0. The number of ether oxygens (including phenoxy) is 1. The Morgan fingerprint density at radius 3 is 3.18 bits per heavy atom. The van der Waals surface area contributed by atoms with Crippen LogP contribution in [0.15, 0.2) is 23.8 Å². The van der Waals surface area contributed by atoms with Crippen LogP contribution in [0.5, 0.6) is 0 Å². The number of hydrogen-bond donors (Lipinski definition) is 1. The van der Waals surface area contributed by atoms with Gasteiger partial charge in [-0.1, -0.05) is 18.2 Å². The fourth-order valence-electron chi connectivity index (χ4n) is 1.33. The summed E-state index contributed by atoms with van der Waals surface area (Å²) < 4.78 is 10.3. The third-order valence-electron chi connectivity index (χ3n) is 2.21. The zero-order valence-corrected chi connectivity index (χ0v) is 11.2. The van der Waals surface area contributed by atoms with Crippen LogP contribution in [0.4, 0.5) is 4.79 Å². The molecule has 0 unspecified atom stereocenters. The second-order valence-electron chi connectivity index (χ2n) is 3.64. The molecule has 5 heteroatoms. The minimum atomic E-state index is -0.336. The van der Waals surface area contributed by atoms with E-state index in [-0.39, 0.29) is 6.09 Å². The molecular formula is C12H19NO3Si. The van der Waals surface area contributed by atoms with Crippen molar-refractivity contribution in [3.05, 3.63) is 23.8 Å². The van der Waals surface area contributed by atoms with E-state index in [4.69, 9.17) is 9.16 Å². The number of allylic oxidation sites excluding steroid dienone is 3. The first kappa shape index (κ1) is 14.0. The van der Waals surface area contributed by atoms with Gasteiger partial charge >= 0.3 is 6.09 Å². The van der Waals surface area contributed by atoms with E-state index in [0.29, 0.717) is 22.9 Å². The molecule has 1 aliphatic rings. The van der Waals surface area contributed by atoms with Crippen molar-refractivity contribution in [1.29, 1.82) is 0 Å². The quantitative estimate of drug-likeness (QED) is 0.532. The zero-order valence-electron chi connectivity index (χ0n) is 10.2. The lowest BCUT2D eigenvalue weighted by Gasteiger charge is -2.07. The molecule has 0 spiro atoms. The molecule has 94 valence electrons. The van der Waals surface area contributed by atoms with Crippen LogP contribution in [-0.2, 0) is 9.16 Å². The summed E-state index contributed by atoms with van der Waals surface area (Å²) in [5.41, 5.74) is 1.14. The second-order valence-corrected chi connectivity index (χ2v) is 4.72. The Labute approximate surface area is 105 Å². The summed E-state index contributed by atoms with van der Waals surface area (Å²) in [6.45, 7) is 3.78. The van der Waals surface area contributed by atoms with Crippen LogP contribution in [0.3, 0.4) is 0 Å². The summed E-state index contributed by atoms with van der Waals surface area (Å²) in [4.78, 5) is 11.3. The Bertz CT molecular complexity index is 289. The van der Waals surface area contributed by atoms with Crippen LogP contribution < -0.4 is 5.32 Å². The van der Waals surface area contributed by atoms with Crippen molar-refractivity contribution in [2.24, 2.45) is 0 Å². The predicted molar refractivity (Wildman–Crippen MR) is 68.0 cm³/mol. The predicted octanol–water partition coefficient (Wildman–Crippen LogP) is 2.06. The Morgan fingerprint density at radius 2 is 2.47 bits per heavy atom. The fourth-order valence-corrected chi connectivity index (χ4v) is 2.00. The molecule has 0 atom stereocenters. The van der Waals surface area contributed by atoms with E-state index >= 15 is 0 Å². The molecule has 0 fully saturated rings. The normalized spacial score (nSPS) is 13.6. The topological polar surface area (TPSA) is 47.6 Å². The second kappa shape index (κ2) is 9.01. The van der Waals surface area contributed by atoms with Crippen molar-refractivity contribution in [3.63, 3.8) is 0 Å². The molecule has 1 N–H and O–H groups in total. The largest absolute Gasteiger partial charge is 0.445 e.